The van der Waals surface area contributed by atoms with Gasteiger partial charge < -0.3 is 33.9 Å². The zero-order valence-electron chi connectivity index (χ0n) is 24.7. The lowest BCUT2D eigenvalue weighted by atomic mass is 10.0. The first-order valence-electron chi connectivity index (χ1n) is 14.7. The predicted octanol–water partition coefficient (Wildman–Crippen LogP) is 3.44. The average molecular weight is 590 g/mol. The molecule has 2 aromatic carbocycles. The average Bonchev–Trinajstić information content (AvgIpc) is 3.56. The molecule has 11 nitrogen and oxygen atoms in total. The lowest BCUT2D eigenvalue weighted by Crippen LogP contribution is -2.46. The number of aromatic nitrogens is 2. The Morgan fingerprint density at radius 2 is 1.77 bits per heavy atom. The number of rotatable bonds is 11. The smallest absolute Gasteiger partial charge is 0.257 e. The van der Waals surface area contributed by atoms with Crippen LogP contribution in [-0.2, 0) is 27.4 Å². The Bertz CT molecular complexity index is 1380. The Balaban J connectivity index is 1.15. The minimum atomic E-state index is -0.108. The third kappa shape index (κ3) is 7.16. The van der Waals surface area contributed by atoms with Crippen LogP contribution < -0.4 is 14.4 Å². The molecule has 2 aliphatic rings. The molecule has 2 saturated heterocycles. The number of aromatic amines is 1. The molecule has 0 spiro atoms. The molecule has 0 radical (unpaired) electrons. The van der Waals surface area contributed by atoms with Crippen LogP contribution >= 0.6 is 0 Å². The highest BCUT2D eigenvalue weighted by Crippen LogP contribution is 2.31. The Labute approximate surface area is 251 Å². The van der Waals surface area contributed by atoms with Gasteiger partial charge in [0.15, 0.2) is 0 Å². The minimum absolute atomic E-state index is 0.00980. The van der Waals surface area contributed by atoms with Crippen molar-refractivity contribution in [2.24, 2.45) is 0 Å². The molecule has 3 heterocycles. The number of para-hydroxylation sites is 1. The summed E-state index contributed by atoms with van der Waals surface area (Å²) in [6, 6.07) is 13.0. The maximum absolute atomic E-state index is 13.5. The summed E-state index contributed by atoms with van der Waals surface area (Å²) < 4.78 is 17.1. The van der Waals surface area contributed by atoms with Crippen LogP contribution in [0.15, 0.2) is 55.0 Å². The number of hydrogen-bond acceptors (Lipinski definition) is 7. The van der Waals surface area contributed by atoms with E-state index < -0.39 is 0 Å². The number of nitrogens with one attached hydrogen (secondary N) is 1. The zero-order chi connectivity index (χ0) is 30.2. The Kier molecular flexibility index (Phi) is 9.93. The number of H-pyrrole nitrogens is 1. The van der Waals surface area contributed by atoms with Crippen LogP contribution in [0.1, 0.15) is 47.3 Å². The topological polar surface area (TPSA) is 117 Å². The fourth-order valence-electron chi connectivity index (χ4n) is 5.89. The normalized spacial score (nSPS) is 16.1. The molecule has 0 atom stereocenters. The van der Waals surface area contributed by atoms with E-state index in [-0.39, 0.29) is 24.0 Å². The summed E-state index contributed by atoms with van der Waals surface area (Å²) in [5.41, 5.74) is 3.08. The number of piperidine rings is 2. The molecule has 11 heteroatoms. The number of nitrogens with zero attached hydrogens (tertiary/aromatic N) is 4. The number of benzene rings is 2. The summed E-state index contributed by atoms with van der Waals surface area (Å²) in [5, 5.41) is 0. The molecule has 1 N–H and O–H groups in total. The van der Waals surface area contributed by atoms with E-state index in [4.69, 9.17) is 14.2 Å². The van der Waals surface area contributed by atoms with Gasteiger partial charge in [-0.25, -0.2) is 4.98 Å². The lowest BCUT2D eigenvalue weighted by Gasteiger charge is -2.37. The van der Waals surface area contributed by atoms with Crippen molar-refractivity contribution in [3.05, 3.63) is 71.8 Å². The number of anilines is 1. The van der Waals surface area contributed by atoms with Crippen LogP contribution in [0, 0.1) is 0 Å². The van der Waals surface area contributed by atoms with Crippen LogP contribution in [0.2, 0.25) is 0 Å². The molecule has 2 aliphatic heterocycles. The molecular weight excluding hydrogens is 550 g/mol. The molecule has 5 rings (SSSR count). The molecule has 3 amide bonds. The van der Waals surface area contributed by atoms with Crippen LogP contribution in [-0.4, -0.2) is 90.5 Å². The number of ether oxygens (including phenoxy) is 3. The zero-order valence-corrected chi connectivity index (χ0v) is 24.7. The second-order valence-corrected chi connectivity index (χ2v) is 10.9. The van der Waals surface area contributed by atoms with Gasteiger partial charge in [-0.1, -0.05) is 18.2 Å². The molecule has 0 saturated carbocycles. The van der Waals surface area contributed by atoms with Gasteiger partial charge in [0.1, 0.15) is 17.6 Å². The van der Waals surface area contributed by atoms with Crippen LogP contribution in [0.4, 0.5) is 5.69 Å². The monoisotopic (exact) mass is 589 g/mol. The van der Waals surface area contributed by atoms with Crippen molar-refractivity contribution in [1.29, 1.82) is 0 Å². The van der Waals surface area contributed by atoms with Crippen molar-refractivity contribution in [2.75, 3.05) is 45.3 Å². The lowest BCUT2D eigenvalue weighted by molar-refractivity contribution is -0.132. The number of amides is 3. The summed E-state index contributed by atoms with van der Waals surface area (Å²) in [5.74, 6) is 1.06. The van der Waals surface area contributed by atoms with E-state index in [1.165, 1.54) is 0 Å². The number of carbonyl (C=O) groups is 3. The van der Waals surface area contributed by atoms with Gasteiger partial charge in [-0.2, -0.15) is 0 Å². The second-order valence-electron chi connectivity index (χ2n) is 10.9. The van der Waals surface area contributed by atoms with Crippen molar-refractivity contribution >= 4 is 23.9 Å². The molecular formula is C32H39N5O6. The number of hydrogen-bond donors (Lipinski definition) is 1. The van der Waals surface area contributed by atoms with Crippen molar-refractivity contribution in [1.82, 2.24) is 19.8 Å². The fourth-order valence-corrected chi connectivity index (χ4v) is 5.89. The van der Waals surface area contributed by atoms with E-state index in [1.807, 2.05) is 34.1 Å². The van der Waals surface area contributed by atoms with Gasteiger partial charge in [-0.05, 0) is 31.0 Å². The van der Waals surface area contributed by atoms with E-state index >= 15 is 0 Å². The Morgan fingerprint density at radius 1 is 1.02 bits per heavy atom. The van der Waals surface area contributed by atoms with Gasteiger partial charge in [0, 0.05) is 81.4 Å². The molecule has 0 bridgehead atoms. The number of likely N-dealkylation sites (tertiary alicyclic amines) is 2. The summed E-state index contributed by atoms with van der Waals surface area (Å²) in [4.78, 5) is 50.6. The number of methoxy groups -OCH3 is 2. The van der Waals surface area contributed by atoms with E-state index in [2.05, 4.69) is 9.97 Å². The first-order chi connectivity index (χ1) is 21.0. The quantitative estimate of drug-likeness (QED) is 0.341. The van der Waals surface area contributed by atoms with Gasteiger partial charge in [0.05, 0.1) is 32.0 Å². The van der Waals surface area contributed by atoms with E-state index in [9.17, 15) is 14.4 Å². The summed E-state index contributed by atoms with van der Waals surface area (Å²) in [6.07, 6.45) is 7.18. The second kappa shape index (κ2) is 14.2. The maximum Gasteiger partial charge on any atom is 0.257 e. The third-order valence-corrected chi connectivity index (χ3v) is 8.23. The molecule has 2 fully saturated rings. The largest absolute Gasteiger partial charge is 0.496 e. The highest BCUT2D eigenvalue weighted by Gasteiger charge is 2.30. The molecule has 0 aliphatic carbocycles. The van der Waals surface area contributed by atoms with Crippen molar-refractivity contribution in [3.8, 4) is 11.5 Å². The van der Waals surface area contributed by atoms with Gasteiger partial charge in [-0.3, -0.25) is 14.4 Å². The highest BCUT2D eigenvalue weighted by molar-refractivity contribution is 5.97. The van der Waals surface area contributed by atoms with Gasteiger partial charge >= 0.3 is 0 Å². The molecule has 0 unspecified atom stereocenters. The highest BCUT2D eigenvalue weighted by atomic mass is 16.5. The summed E-state index contributed by atoms with van der Waals surface area (Å²) >= 11 is 0. The standard InChI is InChI=1S/C32H39N5O6/c1-41-20-23-5-3-4-6-29(23)37(22-38)25-9-13-36(14-10-25)32(40)28-8-7-27(18-30(28)42-2)43-26-11-15-35(16-12-26)31(39)17-24-19-33-21-34-24/h3-8,18-19,21-22,25-26H,9-17,20H2,1-2H3,(H,33,34). The van der Waals surface area contributed by atoms with Crippen LogP contribution in [0.5, 0.6) is 11.5 Å². The molecule has 1 aromatic heterocycles. The number of carbonyl (C=O) groups excluding carboxylic acids is 3. The first-order valence-corrected chi connectivity index (χ1v) is 14.7. The Morgan fingerprint density at radius 3 is 2.44 bits per heavy atom. The third-order valence-electron chi connectivity index (χ3n) is 8.23. The van der Waals surface area contributed by atoms with Crippen molar-refractivity contribution in [2.45, 2.75) is 50.9 Å². The van der Waals surface area contributed by atoms with Crippen LogP contribution in [0.3, 0.4) is 0 Å². The maximum atomic E-state index is 13.5. The number of imidazole rings is 1. The van der Waals surface area contributed by atoms with E-state index in [1.54, 1.807) is 49.8 Å². The Hall–Kier alpha value is -4.38. The summed E-state index contributed by atoms with van der Waals surface area (Å²) in [7, 11) is 3.18. The van der Waals surface area contributed by atoms with Gasteiger partial charge in [0.2, 0.25) is 12.3 Å². The van der Waals surface area contributed by atoms with E-state index in [0.29, 0.717) is 69.1 Å². The summed E-state index contributed by atoms with van der Waals surface area (Å²) in [6.45, 7) is 2.73. The SMILES string of the molecule is COCc1ccccc1N(C=O)C1CCN(C(=O)c2ccc(OC3CCN(C(=O)Cc4cnc[nH]4)CC3)cc2OC)CC1. The van der Waals surface area contributed by atoms with E-state index in [0.717, 1.165) is 36.2 Å². The fraction of sp³-hybridized carbons (Fsp3) is 0.438. The predicted molar refractivity (Wildman–Crippen MR) is 160 cm³/mol. The first kappa shape index (κ1) is 30.1. The molecule has 3 aromatic rings. The minimum Gasteiger partial charge on any atom is -0.496 e. The molecule has 43 heavy (non-hydrogen) atoms. The van der Waals surface area contributed by atoms with Gasteiger partial charge in [0.25, 0.3) is 5.91 Å². The van der Waals surface area contributed by atoms with Crippen LogP contribution in [0.25, 0.3) is 0 Å². The van der Waals surface area contributed by atoms with Crippen molar-refractivity contribution in [3.63, 3.8) is 0 Å². The molecule has 228 valence electrons. The van der Waals surface area contributed by atoms with Gasteiger partial charge in [-0.15, -0.1) is 0 Å². The van der Waals surface area contributed by atoms with Crippen molar-refractivity contribution < 1.29 is 28.6 Å².